The normalized spacial score (nSPS) is 20.9. The van der Waals surface area contributed by atoms with Crippen molar-refractivity contribution in [3.8, 4) is 0 Å². The van der Waals surface area contributed by atoms with Gasteiger partial charge in [0.15, 0.2) is 0 Å². The van der Waals surface area contributed by atoms with Crippen LogP contribution in [0, 0.1) is 0 Å². The summed E-state index contributed by atoms with van der Waals surface area (Å²) in [6.07, 6.45) is 7.80. The van der Waals surface area contributed by atoms with Gasteiger partial charge >= 0.3 is 0 Å². The van der Waals surface area contributed by atoms with Crippen LogP contribution in [0.5, 0.6) is 0 Å². The van der Waals surface area contributed by atoms with E-state index in [9.17, 15) is 9.90 Å². The van der Waals surface area contributed by atoms with Gasteiger partial charge in [0.05, 0.1) is 32.2 Å². The minimum Gasteiger partial charge on any atom is -0.394 e. The third-order valence-corrected chi connectivity index (χ3v) is 3.74. The maximum absolute atomic E-state index is 12.5. The van der Waals surface area contributed by atoms with E-state index in [1.807, 2.05) is 10.8 Å². The molecule has 1 saturated heterocycles. The summed E-state index contributed by atoms with van der Waals surface area (Å²) in [5.41, 5.74) is 0. The first-order valence-corrected chi connectivity index (χ1v) is 7.21. The molecule has 112 valence electrons. The molecule has 0 aliphatic carbocycles. The van der Waals surface area contributed by atoms with Crippen LogP contribution in [0.25, 0.3) is 0 Å². The molecule has 1 aliphatic rings. The number of ether oxygens (including phenoxy) is 1. The number of nitrogens with zero attached hydrogens (tertiary/aromatic N) is 3. The molecule has 0 saturated carbocycles. The van der Waals surface area contributed by atoms with Crippen molar-refractivity contribution < 1.29 is 14.6 Å². The minimum atomic E-state index is -0.207. The molecule has 0 radical (unpaired) electrons. The Balaban J connectivity index is 2.00. The highest BCUT2D eigenvalue weighted by Gasteiger charge is 2.28. The first kappa shape index (κ1) is 15.0. The number of carbonyl (C=O) groups excluding carboxylic acids is 1. The van der Waals surface area contributed by atoms with Crippen molar-refractivity contribution in [3.63, 3.8) is 0 Å². The quantitative estimate of drug-likeness (QED) is 0.839. The minimum absolute atomic E-state index is 0.0464. The first-order chi connectivity index (χ1) is 9.76. The van der Waals surface area contributed by atoms with Crippen molar-refractivity contribution in [2.45, 2.75) is 38.3 Å². The van der Waals surface area contributed by atoms with E-state index in [2.05, 4.69) is 11.9 Å². The van der Waals surface area contributed by atoms with Gasteiger partial charge in [0.2, 0.25) is 5.91 Å². The third kappa shape index (κ3) is 3.58. The monoisotopic (exact) mass is 281 g/mol. The van der Waals surface area contributed by atoms with E-state index in [-0.39, 0.29) is 24.6 Å². The van der Waals surface area contributed by atoms with Gasteiger partial charge in [-0.3, -0.25) is 4.79 Å². The van der Waals surface area contributed by atoms with Crippen LogP contribution >= 0.6 is 0 Å². The Labute approximate surface area is 119 Å². The van der Waals surface area contributed by atoms with E-state index >= 15 is 0 Å². The molecule has 1 aromatic heterocycles. The number of rotatable bonds is 6. The van der Waals surface area contributed by atoms with Crippen LogP contribution in [-0.4, -0.2) is 57.9 Å². The molecule has 2 heterocycles. The lowest BCUT2D eigenvalue weighted by molar-refractivity contribution is -0.142. The van der Waals surface area contributed by atoms with Crippen LogP contribution in [0.1, 0.15) is 32.2 Å². The van der Waals surface area contributed by atoms with Gasteiger partial charge in [0, 0.05) is 31.4 Å². The van der Waals surface area contributed by atoms with Crippen molar-refractivity contribution in [3.05, 3.63) is 18.7 Å². The Kier molecular flexibility index (Phi) is 5.55. The Hall–Kier alpha value is -1.40. The Morgan fingerprint density at radius 2 is 2.45 bits per heavy atom. The van der Waals surface area contributed by atoms with Crippen molar-refractivity contribution in [1.29, 1.82) is 0 Å². The number of aromatic nitrogens is 2. The fraction of sp³-hybridized carbons (Fsp3) is 0.714. The molecule has 0 aromatic carbocycles. The Morgan fingerprint density at radius 3 is 3.10 bits per heavy atom. The van der Waals surface area contributed by atoms with Gasteiger partial charge in [-0.2, -0.15) is 0 Å². The van der Waals surface area contributed by atoms with E-state index in [4.69, 9.17) is 4.74 Å². The first-order valence-electron chi connectivity index (χ1n) is 7.21. The molecule has 1 aromatic rings. The average molecular weight is 281 g/mol. The number of aliphatic hydroxyl groups excluding tert-OH is 1. The summed E-state index contributed by atoms with van der Waals surface area (Å²) in [4.78, 5) is 18.3. The van der Waals surface area contributed by atoms with E-state index in [0.29, 0.717) is 26.2 Å². The second-order valence-corrected chi connectivity index (χ2v) is 5.15. The highest BCUT2D eigenvalue weighted by Crippen LogP contribution is 2.20. The lowest BCUT2D eigenvalue weighted by Crippen LogP contribution is -2.50. The van der Waals surface area contributed by atoms with E-state index in [1.165, 1.54) is 0 Å². The smallest absolute Gasteiger partial charge is 0.225 e. The SMILES string of the molecule is CCCC(CC(=O)N1CCOCC1CO)n1ccnc1. The summed E-state index contributed by atoms with van der Waals surface area (Å²) < 4.78 is 7.30. The van der Waals surface area contributed by atoms with Crippen LogP contribution in [-0.2, 0) is 9.53 Å². The summed E-state index contributed by atoms with van der Waals surface area (Å²) in [5, 5.41) is 9.34. The number of morpholine rings is 1. The zero-order valence-corrected chi connectivity index (χ0v) is 11.9. The number of amides is 1. The van der Waals surface area contributed by atoms with Gasteiger partial charge in [-0.05, 0) is 6.42 Å². The van der Waals surface area contributed by atoms with Crippen molar-refractivity contribution in [2.75, 3.05) is 26.4 Å². The summed E-state index contributed by atoms with van der Waals surface area (Å²) in [6, 6.07) is -0.0708. The highest BCUT2D eigenvalue weighted by atomic mass is 16.5. The van der Waals surface area contributed by atoms with E-state index < -0.39 is 0 Å². The second kappa shape index (κ2) is 7.40. The molecule has 2 unspecified atom stereocenters. The predicted octanol–water partition coefficient (Wildman–Crippen LogP) is 0.834. The number of imidazole rings is 1. The number of carbonyl (C=O) groups is 1. The molecule has 20 heavy (non-hydrogen) atoms. The molecule has 1 N–H and O–H groups in total. The topological polar surface area (TPSA) is 67.6 Å². The summed E-state index contributed by atoms with van der Waals surface area (Å²) in [6.45, 7) is 3.60. The molecule has 1 amide bonds. The molecular formula is C14H23N3O3. The van der Waals surface area contributed by atoms with Gasteiger partial charge in [-0.15, -0.1) is 0 Å². The van der Waals surface area contributed by atoms with Gasteiger partial charge in [0.1, 0.15) is 0 Å². The van der Waals surface area contributed by atoms with Gasteiger partial charge in [-0.25, -0.2) is 4.98 Å². The fourth-order valence-electron chi connectivity index (χ4n) is 2.63. The van der Waals surface area contributed by atoms with Crippen LogP contribution in [0.4, 0.5) is 0 Å². The van der Waals surface area contributed by atoms with Crippen molar-refractivity contribution >= 4 is 5.91 Å². The molecule has 1 fully saturated rings. The predicted molar refractivity (Wildman–Crippen MR) is 74.2 cm³/mol. The standard InChI is InChI=1S/C14H23N3O3/c1-2-3-12(16-5-4-15-11-16)8-14(19)17-6-7-20-10-13(17)9-18/h4-5,11-13,18H,2-3,6-10H2,1H3. The maximum Gasteiger partial charge on any atom is 0.225 e. The molecule has 0 spiro atoms. The van der Waals surface area contributed by atoms with Gasteiger partial charge in [-0.1, -0.05) is 13.3 Å². The van der Waals surface area contributed by atoms with E-state index in [0.717, 1.165) is 12.8 Å². The average Bonchev–Trinajstić information content (AvgIpc) is 3.00. The lowest BCUT2D eigenvalue weighted by atomic mass is 10.1. The molecule has 6 nitrogen and oxygen atoms in total. The lowest BCUT2D eigenvalue weighted by Gasteiger charge is -2.35. The van der Waals surface area contributed by atoms with Crippen LogP contribution in [0.3, 0.4) is 0 Å². The largest absolute Gasteiger partial charge is 0.394 e. The molecule has 6 heteroatoms. The molecule has 2 rings (SSSR count). The third-order valence-electron chi connectivity index (χ3n) is 3.74. The highest BCUT2D eigenvalue weighted by molar-refractivity contribution is 5.77. The van der Waals surface area contributed by atoms with Crippen LogP contribution in [0.15, 0.2) is 18.7 Å². The summed E-state index contributed by atoms with van der Waals surface area (Å²) in [7, 11) is 0. The van der Waals surface area contributed by atoms with Crippen LogP contribution in [0.2, 0.25) is 0 Å². The molecule has 0 bridgehead atoms. The zero-order chi connectivity index (χ0) is 14.4. The van der Waals surface area contributed by atoms with Gasteiger partial charge in [0.25, 0.3) is 0 Å². The zero-order valence-electron chi connectivity index (χ0n) is 11.9. The van der Waals surface area contributed by atoms with Crippen molar-refractivity contribution in [2.24, 2.45) is 0 Å². The van der Waals surface area contributed by atoms with Crippen molar-refractivity contribution in [1.82, 2.24) is 14.5 Å². The number of hydrogen-bond acceptors (Lipinski definition) is 4. The number of hydrogen-bond donors (Lipinski definition) is 1. The maximum atomic E-state index is 12.5. The van der Waals surface area contributed by atoms with Gasteiger partial charge < -0.3 is 19.3 Å². The van der Waals surface area contributed by atoms with E-state index in [1.54, 1.807) is 17.4 Å². The Morgan fingerprint density at radius 1 is 1.60 bits per heavy atom. The van der Waals surface area contributed by atoms with Crippen LogP contribution < -0.4 is 0 Å². The summed E-state index contributed by atoms with van der Waals surface area (Å²) >= 11 is 0. The second-order valence-electron chi connectivity index (χ2n) is 5.15. The summed E-state index contributed by atoms with van der Waals surface area (Å²) in [5.74, 6) is 0.0829. The molecule has 1 aliphatic heterocycles. The molecular weight excluding hydrogens is 258 g/mol. The number of aliphatic hydroxyl groups is 1. The molecule has 2 atom stereocenters. The fourth-order valence-corrected chi connectivity index (χ4v) is 2.63. The Bertz CT molecular complexity index is 408.